The maximum Gasteiger partial charge on any atom is 0.273 e. The van der Waals surface area contributed by atoms with Gasteiger partial charge in [-0.2, -0.15) is 11.8 Å². The predicted octanol–water partition coefficient (Wildman–Crippen LogP) is 1.81. The van der Waals surface area contributed by atoms with Crippen molar-refractivity contribution in [3.8, 4) is 0 Å². The Morgan fingerprint density at radius 2 is 2.05 bits per heavy atom. The van der Waals surface area contributed by atoms with Gasteiger partial charge in [0.05, 0.1) is 6.54 Å². The Labute approximate surface area is 119 Å². The lowest BCUT2D eigenvalue weighted by Gasteiger charge is -2.04. The van der Waals surface area contributed by atoms with E-state index in [1.54, 1.807) is 13.1 Å². The summed E-state index contributed by atoms with van der Waals surface area (Å²) in [4.78, 5) is 0. The third-order valence-electron chi connectivity index (χ3n) is 2.57. The highest BCUT2D eigenvalue weighted by molar-refractivity contribution is 7.98. The molecule has 0 aliphatic heterocycles. The summed E-state index contributed by atoms with van der Waals surface area (Å²) >= 11 is 1.81. The fraction of sp³-hybridized carbons (Fsp3) is 0.667. The number of hydrogen-bond donors (Lipinski definition) is 2. The van der Waals surface area contributed by atoms with Crippen LogP contribution >= 0.6 is 11.8 Å². The van der Waals surface area contributed by atoms with Crippen LogP contribution in [0.2, 0.25) is 0 Å². The van der Waals surface area contributed by atoms with Crippen LogP contribution in [0.4, 0.5) is 0 Å². The van der Waals surface area contributed by atoms with Crippen LogP contribution in [0.15, 0.2) is 21.6 Å². The maximum absolute atomic E-state index is 11.9. The lowest BCUT2D eigenvalue weighted by Crippen LogP contribution is -2.24. The Morgan fingerprint density at radius 3 is 2.74 bits per heavy atom. The summed E-state index contributed by atoms with van der Waals surface area (Å²) in [5.74, 6) is 1.74. The minimum atomic E-state index is -3.50. The molecule has 0 fully saturated rings. The van der Waals surface area contributed by atoms with E-state index >= 15 is 0 Å². The minimum Gasteiger partial charge on any atom is -0.447 e. The van der Waals surface area contributed by atoms with Crippen LogP contribution in [-0.2, 0) is 16.6 Å². The molecule has 110 valence electrons. The molecular formula is C12H22N2O3S2. The molecule has 0 saturated carbocycles. The average Bonchev–Trinajstić information content (AvgIpc) is 2.83. The smallest absolute Gasteiger partial charge is 0.273 e. The van der Waals surface area contributed by atoms with Crippen molar-refractivity contribution in [3.63, 3.8) is 0 Å². The van der Waals surface area contributed by atoms with Gasteiger partial charge in [0.15, 0.2) is 0 Å². The summed E-state index contributed by atoms with van der Waals surface area (Å²) in [6.07, 6.45) is 5.08. The second kappa shape index (κ2) is 8.63. The Hall–Kier alpha value is -0.500. The molecule has 0 saturated heterocycles. The van der Waals surface area contributed by atoms with Gasteiger partial charge >= 0.3 is 0 Å². The fourth-order valence-electron chi connectivity index (χ4n) is 1.60. The third-order valence-corrected chi connectivity index (χ3v) is 4.60. The summed E-state index contributed by atoms with van der Waals surface area (Å²) < 4.78 is 31.6. The van der Waals surface area contributed by atoms with Crippen molar-refractivity contribution >= 4 is 21.8 Å². The first-order chi connectivity index (χ1) is 9.10. The van der Waals surface area contributed by atoms with Crippen molar-refractivity contribution in [1.82, 2.24) is 10.0 Å². The van der Waals surface area contributed by atoms with E-state index in [9.17, 15) is 8.42 Å². The summed E-state index contributed by atoms with van der Waals surface area (Å²) in [5, 5.41) is 2.90. The quantitative estimate of drug-likeness (QED) is 0.645. The Morgan fingerprint density at radius 1 is 1.26 bits per heavy atom. The van der Waals surface area contributed by atoms with Gasteiger partial charge in [-0.15, -0.1) is 0 Å². The van der Waals surface area contributed by atoms with Gasteiger partial charge in [-0.1, -0.05) is 6.42 Å². The normalized spacial score (nSPS) is 11.9. The maximum atomic E-state index is 11.9. The van der Waals surface area contributed by atoms with E-state index in [4.69, 9.17) is 4.42 Å². The first-order valence-corrected chi connectivity index (χ1v) is 9.20. The van der Waals surface area contributed by atoms with Crippen molar-refractivity contribution in [2.24, 2.45) is 0 Å². The SMILES string of the molecule is CNCc1ccc(S(=O)(=O)NCCCCCSC)o1. The fourth-order valence-corrected chi connectivity index (χ4v) is 3.11. The molecule has 7 heteroatoms. The first-order valence-electron chi connectivity index (χ1n) is 6.32. The Bertz CT molecular complexity index is 457. The molecule has 2 N–H and O–H groups in total. The second-order valence-corrected chi connectivity index (χ2v) is 6.89. The van der Waals surface area contributed by atoms with E-state index in [2.05, 4.69) is 16.3 Å². The second-order valence-electron chi connectivity index (χ2n) is 4.20. The van der Waals surface area contributed by atoms with Gasteiger partial charge in [0.2, 0.25) is 5.09 Å². The Kier molecular flexibility index (Phi) is 7.52. The summed E-state index contributed by atoms with van der Waals surface area (Å²) in [6.45, 7) is 0.975. The van der Waals surface area contributed by atoms with Crippen LogP contribution in [0, 0.1) is 0 Å². The molecule has 0 bridgehead atoms. The zero-order valence-corrected chi connectivity index (χ0v) is 13.1. The molecule has 1 heterocycles. The van der Waals surface area contributed by atoms with E-state index in [0.29, 0.717) is 18.8 Å². The minimum absolute atomic E-state index is 0.0122. The number of hydrogen-bond acceptors (Lipinski definition) is 5. The molecule has 0 radical (unpaired) electrons. The van der Waals surface area contributed by atoms with Crippen molar-refractivity contribution in [1.29, 1.82) is 0 Å². The van der Waals surface area contributed by atoms with E-state index in [1.807, 2.05) is 11.8 Å². The van der Waals surface area contributed by atoms with Gasteiger partial charge in [-0.25, -0.2) is 13.1 Å². The highest BCUT2D eigenvalue weighted by Gasteiger charge is 2.17. The molecule has 1 aromatic heterocycles. The number of rotatable bonds is 10. The first kappa shape index (κ1) is 16.6. The molecule has 0 aliphatic carbocycles. The summed E-state index contributed by atoms with van der Waals surface area (Å²) in [6, 6.07) is 3.16. The standard InChI is InChI=1S/C12H22N2O3S2/c1-13-10-11-6-7-12(17-11)19(15,16)14-8-4-3-5-9-18-2/h6-7,13-14H,3-5,8-10H2,1-2H3. The van der Waals surface area contributed by atoms with Crippen molar-refractivity contribution in [2.75, 3.05) is 25.6 Å². The van der Waals surface area contributed by atoms with Crippen LogP contribution < -0.4 is 10.0 Å². The van der Waals surface area contributed by atoms with Crippen molar-refractivity contribution < 1.29 is 12.8 Å². The molecule has 0 atom stereocenters. The number of nitrogens with one attached hydrogen (secondary N) is 2. The van der Waals surface area contributed by atoms with Gasteiger partial charge in [0, 0.05) is 6.54 Å². The molecule has 0 aromatic carbocycles. The zero-order chi connectivity index (χ0) is 14.1. The zero-order valence-electron chi connectivity index (χ0n) is 11.4. The molecule has 0 spiro atoms. The van der Waals surface area contributed by atoms with E-state index in [-0.39, 0.29) is 5.09 Å². The van der Waals surface area contributed by atoms with Crippen molar-refractivity contribution in [3.05, 3.63) is 17.9 Å². The highest BCUT2D eigenvalue weighted by atomic mass is 32.2. The van der Waals surface area contributed by atoms with Gasteiger partial charge in [0.1, 0.15) is 5.76 Å². The number of thioether (sulfide) groups is 1. The molecule has 19 heavy (non-hydrogen) atoms. The average molecular weight is 306 g/mol. The summed E-state index contributed by atoms with van der Waals surface area (Å²) in [5.41, 5.74) is 0. The van der Waals surface area contributed by atoms with Crippen LogP contribution in [-0.4, -0.2) is 34.0 Å². The lowest BCUT2D eigenvalue weighted by molar-refractivity contribution is 0.404. The number of furan rings is 1. The van der Waals surface area contributed by atoms with Gasteiger partial charge in [0.25, 0.3) is 10.0 Å². The third kappa shape index (κ3) is 5.99. The highest BCUT2D eigenvalue weighted by Crippen LogP contribution is 2.13. The molecule has 0 aliphatic rings. The number of sulfonamides is 1. The summed E-state index contributed by atoms with van der Waals surface area (Å²) in [7, 11) is -1.72. The molecule has 5 nitrogen and oxygen atoms in total. The largest absolute Gasteiger partial charge is 0.447 e. The molecule has 0 unspecified atom stereocenters. The van der Waals surface area contributed by atoms with Crippen LogP contribution in [0.5, 0.6) is 0 Å². The van der Waals surface area contributed by atoms with Crippen LogP contribution in [0.1, 0.15) is 25.0 Å². The molecule has 0 amide bonds. The van der Waals surface area contributed by atoms with Gasteiger partial charge in [-0.3, -0.25) is 0 Å². The predicted molar refractivity (Wildman–Crippen MR) is 78.9 cm³/mol. The van der Waals surface area contributed by atoms with Gasteiger partial charge in [-0.05, 0) is 44.0 Å². The van der Waals surface area contributed by atoms with Crippen molar-refractivity contribution in [2.45, 2.75) is 30.9 Å². The monoisotopic (exact) mass is 306 g/mol. The number of unbranched alkanes of at least 4 members (excludes halogenated alkanes) is 2. The molecule has 1 aromatic rings. The van der Waals surface area contributed by atoms with Crippen LogP contribution in [0.3, 0.4) is 0 Å². The topological polar surface area (TPSA) is 71.3 Å². The molecular weight excluding hydrogens is 284 g/mol. The van der Waals surface area contributed by atoms with E-state index in [1.165, 1.54) is 6.07 Å². The molecule has 1 rings (SSSR count). The van der Waals surface area contributed by atoms with Crippen LogP contribution in [0.25, 0.3) is 0 Å². The van der Waals surface area contributed by atoms with Gasteiger partial charge < -0.3 is 9.73 Å². The van der Waals surface area contributed by atoms with E-state index in [0.717, 1.165) is 25.0 Å². The lowest BCUT2D eigenvalue weighted by atomic mass is 10.2. The Balaban J connectivity index is 2.38. The van der Waals surface area contributed by atoms with E-state index < -0.39 is 10.0 Å².